The van der Waals surface area contributed by atoms with Gasteiger partial charge >= 0.3 is 5.97 Å². The van der Waals surface area contributed by atoms with E-state index in [9.17, 15) is 9.59 Å². The Kier molecular flexibility index (Phi) is 6.52. The highest BCUT2D eigenvalue weighted by molar-refractivity contribution is 5.97. The van der Waals surface area contributed by atoms with Gasteiger partial charge in [0, 0.05) is 11.8 Å². The molecular formula is C21H23NO3. The molecule has 25 heavy (non-hydrogen) atoms. The smallest absolute Gasteiger partial charge is 0.331 e. The van der Waals surface area contributed by atoms with Gasteiger partial charge in [-0.1, -0.05) is 55.5 Å². The fourth-order valence-electron chi connectivity index (χ4n) is 2.42. The molecular weight excluding hydrogens is 314 g/mol. The minimum Gasteiger partial charge on any atom is -0.449 e. The van der Waals surface area contributed by atoms with Gasteiger partial charge in [-0.05, 0) is 43.0 Å². The summed E-state index contributed by atoms with van der Waals surface area (Å²) in [6.07, 6.45) is 2.91. The molecule has 0 aliphatic carbocycles. The highest BCUT2D eigenvalue weighted by atomic mass is 16.5. The number of hydrogen-bond donors (Lipinski definition) is 1. The SMILES string of the molecule is CCc1cccc(C)c1NC(=O)[C@H](C)OC(=O)/C=C/c1ccccc1. The van der Waals surface area contributed by atoms with Gasteiger partial charge in [-0.3, -0.25) is 4.79 Å². The van der Waals surface area contributed by atoms with Crippen LogP contribution in [0.25, 0.3) is 6.08 Å². The summed E-state index contributed by atoms with van der Waals surface area (Å²) in [5, 5.41) is 2.87. The lowest BCUT2D eigenvalue weighted by Gasteiger charge is -2.16. The zero-order valence-electron chi connectivity index (χ0n) is 14.8. The highest BCUT2D eigenvalue weighted by Crippen LogP contribution is 2.21. The molecule has 4 nitrogen and oxygen atoms in total. The lowest BCUT2D eigenvalue weighted by Crippen LogP contribution is -2.30. The monoisotopic (exact) mass is 337 g/mol. The second kappa shape index (κ2) is 8.83. The maximum absolute atomic E-state index is 12.3. The molecule has 0 bridgehead atoms. The van der Waals surface area contributed by atoms with Gasteiger partial charge in [0.25, 0.3) is 5.91 Å². The topological polar surface area (TPSA) is 55.4 Å². The van der Waals surface area contributed by atoms with Crippen molar-refractivity contribution in [3.63, 3.8) is 0 Å². The molecule has 2 rings (SSSR count). The van der Waals surface area contributed by atoms with E-state index < -0.39 is 12.1 Å². The minimum atomic E-state index is -0.878. The van der Waals surface area contributed by atoms with E-state index >= 15 is 0 Å². The average Bonchev–Trinajstić information content (AvgIpc) is 2.62. The predicted octanol–water partition coefficient (Wildman–Crippen LogP) is 4.14. The highest BCUT2D eigenvalue weighted by Gasteiger charge is 2.18. The van der Waals surface area contributed by atoms with E-state index in [1.165, 1.54) is 6.08 Å². The molecule has 0 saturated carbocycles. The van der Waals surface area contributed by atoms with Crippen molar-refractivity contribution in [3.8, 4) is 0 Å². The number of anilines is 1. The number of rotatable bonds is 6. The third-order valence-electron chi connectivity index (χ3n) is 3.86. The minimum absolute atomic E-state index is 0.342. The normalized spacial score (nSPS) is 12.0. The van der Waals surface area contributed by atoms with Crippen molar-refractivity contribution in [2.45, 2.75) is 33.3 Å². The standard InChI is InChI=1S/C21H23NO3/c1-4-18-12-8-9-15(2)20(18)22-21(24)16(3)25-19(23)14-13-17-10-6-5-7-11-17/h5-14,16H,4H2,1-3H3,(H,22,24)/b14-13+/t16-/m0/s1. The maximum atomic E-state index is 12.3. The van der Waals surface area contributed by atoms with Crippen molar-refractivity contribution in [1.29, 1.82) is 0 Å². The molecule has 0 unspecified atom stereocenters. The molecule has 0 fully saturated rings. The molecule has 0 radical (unpaired) electrons. The van der Waals surface area contributed by atoms with E-state index in [2.05, 4.69) is 5.32 Å². The number of para-hydroxylation sites is 1. The lowest BCUT2D eigenvalue weighted by molar-refractivity contribution is -0.148. The number of benzene rings is 2. The first-order valence-electron chi connectivity index (χ1n) is 8.34. The maximum Gasteiger partial charge on any atom is 0.331 e. The summed E-state index contributed by atoms with van der Waals surface area (Å²) in [5.41, 5.74) is 3.72. The Morgan fingerprint density at radius 2 is 1.84 bits per heavy atom. The van der Waals surface area contributed by atoms with E-state index in [1.54, 1.807) is 13.0 Å². The Bertz CT molecular complexity index is 766. The number of ether oxygens (including phenoxy) is 1. The van der Waals surface area contributed by atoms with Crippen LogP contribution >= 0.6 is 0 Å². The summed E-state index contributed by atoms with van der Waals surface area (Å²) < 4.78 is 5.18. The van der Waals surface area contributed by atoms with Crippen molar-refractivity contribution in [2.75, 3.05) is 5.32 Å². The fraction of sp³-hybridized carbons (Fsp3) is 0.238. The first-order valence-corrected chi connectivity index (χ1v) is 8.34. The summed E-state index contributed by atoms with van der Waals surface area (Å²) in [6, 6.07) is 15.3. The summed E-state index contributed by atoms with van der Waals surface area (Å²) in [4.78, 5) is 24.2. The van der Waals surface area contributed by atoms with Crippen LogP contribution in [0.5, 0.6) is 0 Å². The Morgan fingerprint density at radius 1 is 1.12 bits per heavy atom. The number of esters is 1. The van der Waals surface area contributed by atoms with Gasteiger partial charge < -0.3 is 10.1 Å². The molecule has 1 N–H and O–H groups in total. The van der Waals surface area contributed by atoms with Crippen molar-refractivity contribution in [3.05, 3.63) is 71.3 Å². The van der Waals surface area contributed by atoms with Crippen LogP contribution in [0.1, 0.15) is 30.5 Å². The molecule has 130 valence electrons. The van der Waals surface area contributed by atoms with E-state index in [0.717, 1.165) is 28.8 Å². The van der Waals surface area contributed by atoms with Gasteiger partial charge in [-0.2, -0.15) is 0 Å². The van der Waals surface area contributed by atoms with Crippen molar-refractivity contribution >= 4 is 23.6 Å². The van der Waals surface area contributed by atoms with E-state index in [4.69, 9.17) is 4.74 Å². The van der Waals surface area contributed by atoms with E-state index in [-0.39, 0.29) is 5.91 Å². The van der Waals surface area contributed by atoms with E-state index in [1.807, 2.05) is 62.4 Å². The molecule has 2 aromatic carbocycles. The predicted molar refractivity (Wildman–Crippen MR) is 100 cm³/mol. The molecule has 4 heteroatoms. The largest absolute Gasteiger partial charge is 0.449 e. The Hall–Kier alpha value is -2.88. The molecule has 0 spiro atoms. The van der Waals surface area contributed by atoms with Crippen LogP contribution in [0, 0.1) is 6.92 Å². The van der Waals surface area contributed by atoms with Gasteiger partial charge in [0.2, 0.25) is 0 Å². The van der Waals surface area contributed by atoms with Crippen LogP contribution in [0.15, 0.2) is 54.6 Å². The number of amides is 1. The molecule has 0 aliphatic rings. The van der Waals surface area contributed by atoms with Crippen LogP contribution in [-0.4, -0.2) is 18.0 Å². The van der Waals surface area contributed by atoms with Crippen molar-refractivity contribution < 1.29 is 14.3 Å². The van der Waals surface area contributed by atoms with Crippen LogP contribution in [0.4, 0.5) is 5.69 Å². The van der Waals surface area contributed by atoms with Crippen LogP contribution in [0.3, 0.4) is 0 Å². The Balaban J connectivity index is 1.96. The number of aryl methyl sites for hydroxylation is 2. The van der Waals surface area contributed by atoms with Gasteiger partial charge in [-0.25, -0.2) is 4.79 Å². The van der Waals surface area contributed by atoms with Crippen LogP contribution in [-0.2, 0) is 20.7 Å². The number of nitrogens with one attached hydrogen (secondary N) is 1. The third kappa shape index (κ3) is 5.31. The summed E-state index contributed by atoms with van der Waals surface area (Å²) in [7, 11) is 0. The molecule has 0 aromatic heterocycles. The summed E-state index contributed by atoms with van der Waals surface area (Å²) in [6.45, 7) is 5.53. The summed E-state index contributed by atoms with van der Waals surface area (Å²) >= 11 is 0. The first-order chi connectivity index (χ1) is 12.0. The Morgan fingerprint density at radius 3 is 2.52 bits per heavy atom. The van der Waals surface area contributed by atoms with Gasteiger partial charge in [-0.15, -0.1) is 0 Å². The van der Waals surface area contributed by atoms with E-state index in [0.29, 0.717) is 0 Å². The van der Waals surface area contributed by atoms with Gasteiger partial charge in [0.05, 0.1) is 0 Å². The second-order valence-corrected chi connectivity index (χ2v) is 5.77. The third-order valence-corrected chi connectivity index (χ3v) is 3.86. The quantitative estimate of drug-likeness (QED) is 0.636. The number of carbonyl (C=O) groups excluding carboxylic acids is 2. The van der Waals surface area contributed by atoms with Crippen molar-refractivity contribution in [2.24, 2.45) is 0 Å². The van der Waals surface area contributed by atoms with Crippen LogP contribution in [0.2, 0.25) is 0 Å². The molecule has 1 amide bonds. The van der Waals surface area contributed by atoms with Gasteiger partial charge in [0.15, 0.2) is 6.10 Å². The molecule has 2 aromatic rings. The summed E-state index contributed by atoms with van der Waals surface area (Å²) in [5.74, 6) is -0.891. The lowest BCUT2D eigenvalue weighted by atomic mass is 10.1. The van der Waals surface area contributed by atoms with Crippen LogP contribution < -0.4 is 5.32 Å². The van der Waals surface area contributed by atoms with Gasteiger partial charge in [0.1, 0.15) is 0 Å². The molecule has 0 saturated heterocycles. The zero-order valence-corrected chi connectivity index (χ0v) is 14.8. The Labute approximate surface area is 148 Å². The first kappa shape index (κ1) is 18.5. The fourth-order valence-corrected chi connectivity index (χ4v) is 2.42. The number of hydrogen-bond acceptors (Lipinski definition) is 3. The average molecular weight is 337 g/mol. The number of carbonyl (C=O) groups is 2. The molecule has 0 heterocycles. The van der Waals surface area contributed by atoms with Crippen molar-refractivity contribution in [1.82, 2.24) is 0 Å². The molecule has 1 atom stereocenters. The second-order valence-electron chi connectivity index (χ2n) is 5.77. The zero-order chi connectivity index (χ0) is 18.2. The molecule has 0 aliphatic heterocycles.